The summed E-state index contributed by atoms with van der Waals surface area (Å²) in [5, 5.41) is 0. The van der Waals surface area contributed by atoms with E-state index in [-0.39, 0.29) is 16.0 Å². The first-order chi connectivity index (χ1) is 6.26. The Hall–Kier alpha value is 1.73. The van der Waals surface area contributed by atoms with Gasteiger partial charge in [0.15, 0.2) is 0 Å². The van der Waals surface area contributed by atoms with E-state index in [1.54, 1.807) is 0 Å². The van der Waals surface area contributed by atoms with E-state index < -0.39 is 0 Å². The molecule has 77 valence electrons. The van der Waals surface area contributed by atoms with Crippen LogP contribution >= 0.6 is 25.8 Å². The van der Waals surface area contributed by atoms with Gasteiger partial charge in [-0.25, -0.2) is 0 Å². The maximum absolute atomic E-state index is 3.96. The lowest BCUT2D eigenvalue weighted by Crippen LogP contribution is -1.97. The summed E-state index contributed by atoms with van der Waals surface area (Å²) in [4.78, 5) is 0. The molecular weight excluding hydrogens is 304 g/mol. The molecule has 0 bridgehead atoms. The van der Waals surface area contributed by atoms with Gasteiger partial charge in [-0.15, -0.1) is 0 Å². The predicted octanol–water partition coefficient (Wildman–Crippen LogP) is 5.13. The number of rotatable bonds is 6. The third-order valence-electron chi connectivity index (χ3n) is 2.07. The fourth-order valence-electron chi connectivity index (χ4n) is 1.33. The summed E-state index contributed by atoms with van der Waals surface area (Å²) in [5.74, 6) is 0.907. The van der Waals surface area contributed by atoms with Crippen molar-refractivity contribution in [3.05, 3.63) is 6.92 Å². The number of unbranched alkanes of at least 4 members (excludes halogenated alkanes) is 1. The van der Waals surface area contributed by atoms with Gasteiger partial charge in [0, 0.05) is 0 Å². The summed E-state index contributed by atoms with van der Waals surface area (Å²) in [7, 11) is 0. The molecule has 0 aliphatic heterocycles. The molecule has 0 aromatic rings. The van der Waals surface area contributed by atoms with Gasteiger partial charge < -0.3 is 0 Å². The number of hydrogen-bond acceptors (Lipinski definition) is 0. The maximum Gasteiger partial charge on any atom is 0.560 e. The molecule has 3 heteroatoms. The lowest BCUT2D eigenvalue weighted by Gasteiger charge is -2.11. The van der Waals surface area contributed by atoms with E-state index in [0.717, 1.165) is 12.3 Å². The minimum absolute atomic E-state index is 0.0417. The first-order valence-corrected chi connectivity index (χ1v) is 13.0. The lowest BCUT2D eigenvalue weighted by atomic mass is 9.95. The van der Waals surface area contributed by atoms with Crippen molar-refractivity contribution in [3.63, 3.8) is 0 Å². The first-order valence-electron chi connectivity index (χ1n) is 5.17. The fourth-order valence-corrected chi connectivity index (χ4v) is 1.33. The van der Waals surface area contributed by atoms with Crippen LogP contribution in [0.25, 0.3) is 0 Å². The quantitative estimate of drug-likeness (QED) is 0.594. The minimum Gasteiger partial charge on any atom is -0.280 e. The molecule has 13 heavy (non-hydrogen) atoms. The molecule has 0 aromatic carbocycles. The molecule has 0 saturated heterocycles. The minimum atomic E-state index is 0.0417. The van der Waals surface area contributed by atoms with Crippen LogP contribution in [0.3, 0.4) is 0 Å². The molecule has 0 spiro atoms. The van der Waals surface area contributed by atoms with Gasteiger partial charge in [0.25, 0.3) is 0 Å². The Morgan fingerprint density at radius 1 is 1.15 bits per heavy atom. The van der Waals surface area contributed by atoms with E-state index in [0.29, 0.717) is 0 Å². The van der Waals surface area contributed by atoms with Gasteiger partial charge in [-0.3, -0.25) is 25.8 Å². The van der Waals surface area contributed by atoms with Crippen molar-refractivity contribution in [2.24, 2.45) is 5.92 Å². The van der Waals surface area contributed by atoms with Crippen LogP contribution in [0, 0.1) is 12.8 Å². The molecule has 1 unspecified atom stereocenters. The Balaban J connectivity index is 0. The van der Waals surface area contributed by atoms with Crippen molar-refractivity contribution >= 4 is 41.8 Å². The second-order valence-corrected chi connectivity index (χ2v) is 11.3. The van der Waals surface area contributed by atoms with Crippen LogP contribution in [0.5, 0.6) is 0 Å². The highest BCUT2D eigenvalue weighted by molar-refractivity contribution is 9.47. The molecule has 0 N–H and O–H groups in total. The van der Waals surface area contributed by atoms with E-state index in [9.17, 15) is 0 Å². The first kappa shape index (κ1) is 17.1. The highest BCUT2D eigenvalue weighted by Gasteiger charge is 2.02. The van der Waals surface area contributed by atoms with Crippen molar-refractivity contribution in [2.75, 3.05) is 0 Å². The van der Waals surface area contributed by atoms with Gasteiger partial charge in [0.05, 0.1) is 0 Å². The predicted molar refractivity (Wildman–Crippen MR) is 71.5 cm³/mol. The average Bonchev–Trinajstić information content (AvgIpc) is 2.13. The molecule has 0 amide bonds. The topological polar surface area (TPSA) is 0 Å². The standard InChI is InChI=1S/C10H21.2BrH.Mg/c1-4-7-9-10(6-3)8-5-2;;;/h10H,3-9H2,1-2H3;2*1H;/q;;;+2/p-2. The summed E-state index contributed by atoms with van der Waals surface area (Å²) >= 11 is 6.44. The normalized spacial score (nSPS) is 11.2. The maximum atomic E-state index is 3.96. The molecule has 0 nitrogen and oxygen atoms in total. The molecule has 0 fully saturated rings. The zero-order chi connectivity index (χ0) is 10.5. The molecule has 0 aromatic heterocycles. The molecule has 0 saturated carbocycles. The summed E-state index contributed by atoms with van der Waals surface area (Å²) < 4.78 is 0. The van der Waals surface area contributed by atoms with Crippen LogP contribution in [0.1, 0.15) is 52.4 Å². The van der Waals surface area contributed by atoms with Crippen LogP contribution in [0.2, 0.25) is 0 Å². The highest BCUT2D eigenvalue weighted by Crippen LogP contribution is 2.17. The van der Waals surface area contributed by atoms with Crippen LogP contribution < -0.4 is 0 Å². The Morgan fingerprint density at radius 3 is 2.00 bits per heavy atom. The molecule has 0 rings (SSSR count). The van der Waals surface area contributed by atoms with Gasteiger partial charge in [-0.1, -0.05) is 59.3 Å². The van der Waals surface area contributed by atoms with Crippen molar-refractivity contribution in [3.8, 4) is 0 Å². The van der Waals surface area contributed by atoms with Crippen molar-refractivity contribution < 1.29 is 0 Å². The molecule has 1 atom stereocenters. The van der Waals surface area contributed by atoms with Crippen LogP contribution in [-0.2, 0) is 0 Å². The summed E-state index contributed by atoms with van der Waals surface area (Å²) in [6.07, 6.45) is 7.95. The number of halogens is 2. The van der Waals surface area contributed by atoms with Gasteiger partial charge >= 0.3 is 16.0 Å². The molecule has 1 radical (unpaired) electrons. The van der Waals surface area contributed by atoms with Gasteiger partial charge in [0.2, 0.25) is 0 Å². The Labute approximate surface area is 106 Å². The summed E-state index contributed by atoms with van der Waals surface area (Å²) in [6, 6.07) is 0. The number of hydrogen-bond donors (Lipinski definition) is 0. The Morgan fingerprint density at radius 2 is 1.69 bits per heavy atom. The second kappa shape index (κ2) is 16.2. The largest absolute Gasteiger partial charge is 0.560 e. The average molecular weight is 325 g/mol. The summed E-state index contributed by atoms with van der Waals surface area (Å²) in [6.45, 7) is 8.47. The molecular formula is C10H21Br2Mg. The fraction of sp³-hybridized carbons (Fsp3) is 0.900. The van der Waals surface area contributed by atoms with E-state index >= 15 is 0 Å². The van der Waals surface area contributed by atoms with Crippen LogP contribution in [-0.4, -0.2) is 16.0 Å². The molecule has 0 aliphatic carbocycles. The molecule has 0 aliphatic rings. The Kier molecular flexibility index (Phi) is 21.3. The summed E-state index contributed by atoms with van der Waals surface area (Å²) in [5.41, 5.74) is 0. The third-order valence-corrected chi connectivity index (χ3v) is 2.07. The third kappa shape index (κ3) is 16.4. The lowest BCUT2D eigenvalue weighted by molar-refractivity contribution is 0.432. The van der Waals surface area contributed by atoms with E-state index in [4.69, 9.17) is 0 Å². The SMILES string of the molecule is [Br][Mg][Br].[CH2]CC(CCC)CCCC. The van der Waals surface area contributed by atoms with Crippen molar-refractivity contribution in [1.29, 1.82) is 0 Å². The van der Waals surface area contributed by atoms with Crippen molar-refractivity contribution in [1.82, 2.24) is 0 Å². The second-order valence-electron chi connectivity index (χ2n) is 3.19. The molecule has 0 heterocycles. The van der Waals surface area contributed by atoms with Crippen LogP contribution in [0.4, 0.5) is 0 Å². The zero-order valence-electron chi connectivity index (χ0n) is 8.99. The van der Waals surface area contributed by atoms with E-state index in [1.165, 1.54) is 32.1 Å². The van der Waals surface area contributed by atoms with Gasteiger partial charge in [-0.05, 0) is 5.92 Å². The highest BCUT2D eigenvalue weighted by atomic mass is 79.9. The van der Waals surface area contributed by atoms with Crippen LogP contribution in [0.15, 0.2) is 0 Å². The van der Waals surface area contributed by atoms with Crippen molar-refractivity contribution in [2.45, 2.75) is 52.4 Å². The smallest absolute Gasteiger partial charge is 0.280 e. The van der Waals surface area contributed by atoms with Gasteiger partial charge in [-0.2, -0.15) is 0 Å². The van der Waals surface area contributed by atoms with E-state index in [1.807, 2.05) is 0 Å². The van der Waals surface area contributed by atoms with E-state index in [2.05, 4.69) is 46.5 Å². The monoisotopic (exact) mass is 323 g/mol. The zero-order valence-corrected chi connectivity index (χ0v) is 13.6. The Bertz CT molecular complexity index is 79.3. The van der Waals surface area contributed by atoms with Gasteiger partial charge in [0.1, 0.15) is 0 Å².